The number of carboxylic acids is 1. The van der Waals surface area contributed by atoms with E-state index in [1.807, 2.05) is 0 Å². The van der Waals surface area contributed by atoms with Gasteiger partial charge in [0, 0.05) is 23.8 Å². The Balaban J connectivity index is 0.000000186. The van der Waals surface area contributed by atoms with Crippen LogP contribution in [0.2, 0.25) is 0 Å². The molecule has 29 heavy (non-hydrogen) atoms. The van der Waals surface area contributed by atoms with Crippen LogP contribution in [0.25, 0.3) is 0 Å². The Kier molecular flexibility index (Phi) is 7.14. The summed E-state index contributed by atoms with van der Waals surface area (Å²) in [5.41, 5.74) is 2.00. The molecule has 1 N–H and O–H groups in total. The fourth-order valence-corrected chi connectivity index (χ4v) is 5.90. The van der Waals surface area contributed by atoms with E-state index in [0.29, 0.717) is 18.3 Å². The Morgan fingerprint density at radius 1 is 1.00 bits per heavy atom. The van der Waals surface area contributed by atoms with Crippen molar-refractivity contribution in [1.82, 2.24) is 4.31 Å². The molecule has 2 aromatic rings. The normalized spacial score (nSPS) is 19.1. The number of hydrogen-bond donors (Lipinski definition) is 1. The van der Waals surface area contributed by atoms with Crippen LogP contribution >= 0.6 is 15.9 Å². The summed E-state index contributed by atoms with van der Waals surface area (Å²) in [6.45, 7) is 0.544. The van der Waals surface area contributed by atoms with Crippen LogP contribution in [-0.2, 0) is 20.2 Å². The molecule has 4 rings (SSSR count). The van der Waals surface area contributed by atoms with Crippen molar-refractivity contribution in [1.29, 1.82) is 0 Å². The highest BCUT2D eigenvalue weighted by Crippen LogP contribution is 2.49. The molecule has 0 bridgehead atoms. The summed E-state index contributed by atoms with van der Waals surface area (Å²) in [4.78, 5) is 11.1. The molecular weight excluding hydrogens is 454 g/mol. The molecule has 2 aliphatic rings. The minimum atomic E-state index is -3.47. The van der Waals surface area contributed by atoms with Gasteiger partial charge < -0.3 is 5.11 Å². The molecule has 0 unspecified atom stereocenters. The van der Waals surface area contributed by atoms with Gasteiger partial charge >= 0.3 is 5.97 Å². The standard InChI is InChI=1S/C12H15NO4S.C10H11Br/c14-12(15)10-6-8-13(9-7-10)18(16,17)11-4-2-1-3-5-11;11-8-10(6-7-10)9-4-2-1-3-5-9/h1-5,10H,6-9H2,(H,14,15);1-5H,6-8H2. The zero-order valence-corrected chi connectivity index (χ0v) is 18.6. The van der Waals surface area contributed by atoms with Crippen molar-refractivity contribution in [3.63, 3.8) is 0 Å². The lowest BCUT2D eigenvalue weighted by molar-refractivity contribution is -0.142. The average Bonchev–Trinajstić information content (AvgIpc) is 3.57. The molecule has 0 aromatic heterocycles. The molecule has 7 heteroatoms. The van der Waals surface area contributed by atoms with Gasteiger partial charge in [-0.15, -0.1) is 0 Å². The third kappa shape index (κ3) is 5.27. The predicted octanol–water partition coefficient (Wildman–Crippen LogP) is 4.29. The summed E-state index contributed by atoms with van der Waals surface area (Å²) in [7, 11) is -3.47. The van der Waals surface area contributed by atoms with Crippen molar-refractivity contribution >= 4 is 31.9 Å². The molecule has 1 aliphatic heterocycles. The lowest BCUT2D eigenvalue weighted by Crippen LogP contribution is -2.40. The highest BCUT2D eigenvalue weighted by molar-refractivity contribution is 9.09. The van der Waals surface area contributed by atoms with E-state index in [9.17, 15) is 13.2 Å². The van der Waals surface area contributed by atoms with E-state index in [1.165, 1.54) is 22.7 Å². The second kappa shape index (κ2) is 9.41. The molecule has 0 atom stereocenters. The molecule has 1 aliphatic carbocycles. The van der Waals surface area contributed by atoms with Crippen molar-refractivity contribution in [3.8, 4) is 0 Å². The van der Waals surface area contributed by atoms with Gasteiger partial charge in [0.25, 0.3) is 0 Å². The first-order chi connectivity index (χ1) is 13.9. The van der Waals surface area contributed by atoms with Crippen molar-refractivity contribution in [2.75, 3.05) is 18.4 Å². The summed E-state index contributed by atoms with van der Waals surface area (Å²) < 4.78 is 25.8. The maximum Gasteiger partial charge on any atom is 0.306 e. The van der Waals surface area contributed by atoms with Gasteiger partial charge in [0.2, 0.25) is 10.0 Å². The van der Waals surface area contributed by atoms with Crippen LogP contribution in [0, 0.1) is 5.92 Å². The number of alkyl halides is 1. The molecule has 0 radical (unpaired) electrons. The number of halogens is 1. The van der Waals surface area contributed by atoms with Gasteiger partial charge in [-0.2, -0.15) is 4.31 Å². The highest BCUT2D eigenvalue weighted by atomic mass is 79.9. The maximum absolute atomic E-state index is 12.2. The van der Waals surface area contributed by atoms with Crippen LogP contribution in [0.5, 0.6) is 0 Å². The van der Waals surface area contributed by atoms with Crippen LogP contribution in [0.4, 0.5) is 0 Å². The maximum atomic E-state index is 12.2. The third-order valence-corrected chi connectivity index (χ3v) is 8.67. The molecule has 2 aromatic carbocycles. The molecule has 2 fully saturated rings. The van der Waals surface area contributed by atoms with Crippen LogP contribution in [-0.4, -0.2) is 42.2 Å². The fourth-order valence-electron chi connectivity index (χ4n) is 3.53. The molecule has 1 saturated heterocycles. The van der Waals surface area contributed by atoms with Gasteiger partial charge in [-0.3, -0.25) is 4.79 Å². The molecule has 1 saturated carbocycles. The Bertz CT molecular complexity index is 906. The van der Waals surface area contributed by atoms with Gasteiger partial charge in [0.05, 0.1) is 10.8 Å². The number of sulfonamides is 1. The second-order valence-corrected chi connectivity index (χ2v) is 10.1. The summed E-state index contributed by atoms with van der Waals surface area (Å²) in [6, 6.07) is 19.0. The Hall–Kier alpha value is -1.70. The molecular formula is C22H26BrNO4S. The van der Waals surface area contributed by atoms with Gasteiger partial charge in [0.15, 0.2) is 0 Å². The number of benzene rings is 2. The van der Waals surface area contributed by atoms with Crippen LogP contribution in [0.15, 0.2) is 65.6 Å². The zero-order valence-electron chi connectivity index (χ0n) is 16.2. The van der Waals surface area contributed by atoms with E-state index in [4.69, 9.17) is 5.11 Å². The van der Waals surface area contributed by atoms with E-state index >= 15 is 0 Å². The monoisotopic (exact) mass is 479 g/mol. The third-order valence-electron chi connectivity index (χ3n) is 5.68. The molecule has 0 spiro atoms. The molecule has 0 amide bonds. The Labute approximate surface area is 180 Å². The van der Waals surface area contributed by atoms with Crippen LogP contribution < -0.4 is 0 Å². The lowest BCUT2D eigenvalue weighted by Gasteiger charge is -2.29. The predicted molar refractivity (Wildman–Crippen MR) is 117 cm³/mol. The Morgan fingerprint density at radius 3 is 1.97 bits per heavy atom. The largest absolute Gasteiger partial charge is 0.481 e. The number of nitrogens with zero attached hydrogens (tertiary/aromatic N) is 1. The van der Waals surface area contributed by atoms with E-state index in [2.05, 4.69) is 46.3 Å². The van der Waals surface area contributed by atoms with Crippen LogP contribution in [0.3, 0.4) is 0 Å². The topological polar surface area (TPSA) is 74.7 Å². The smallest absolute Gasteiger partial charge is 0.306 e. The fraction of sp³-hybridized carbons (Fsp3) is 0.409. The van der Waals surface area contributed by atoms with E-state index < -0.39 is 21.9 Å². The Morgan fingerprint density at radius 2 is 1.52 bits per heavy atom. The van der Waals surface area contributed by atoms with Gasteiger partial charge in [-0.05, 0) is 43.4 Å². The first-order valence-electron chi connectivity index (χ1n) is 9.78. The molecule has 1 heterocycles. The van der Waals surface area contributed by atoms with Crippen molar-refractivity contribution < 1.29 is 18.3 Å². The number of carboxylic acid groups (broad SMARTS) is 1. The number of piperidine rings is 1. The minimum Gasteiger partial charge on any atom is -0.481 e. The first kappa shape index (κ1) is 22.0. The van der Waals surface area contributed by atoms with Gasteiger partial charge in [-0.1, -0.05) is 64.5 Å². The van der Waals surface area contributed by atoms with Crippen molar-refractivity contribution in [3.05, 3.63) is 66.2 Å². The van der Waals surface area contributed by atoms with E-state index in [0.717, 1.165) is 5.33 Å². The number of carbonyl (C=O) groups is 1. The molecule has 156 valence electrons. The van der Waals surface area contributed by atoms with Crippen molar-refractivity contribution in [2.45, 2.75) is 36.0 Å². The van der Waals surface area contributed by atoms with Gasteiger partial charge in [0.1, 0.15) is 0 Å². The molecule has 5 nitrogen and oxygen atoms in total. The first-order valence-corrected chi connectivity index (χ1v) is 12.3. The summed E-state index contributed by atoms with van der Waals surface area (Å²) in [5, 5.41) is 9.99. The lowest BCUT2D eigenvalue weighted by atomic mass is 9.99. The number of rotatable bonds is 5. The summed E-state index contributed by atoms with van der Waals surface area (Å²) in [6.07, 6.45) is 3.45. The highest BCUT2D eigenvalue weighted by Gasteiger charge is 2.42. The van der Waals surface area contributed by atoms with Gasteiger partial charge in [-0.25, -0.2) is 8.42 Å². The summed E-state index contributed by atoms with van der Waals surface area (Å²) in [5.74, 6) is -1.26. The van der Waals surface area contributed by atoms with Crippen LogP contribution in [0.1, 0.15) is 31.2 Å². The minimum absolute atomic E-state index is 0.263. The second-order valence-electron chi connectivity index (χ2n) is 7.61. The van der Waals surface area contributed by atoms with E-state index in [1.54, 1.807) is 30.3 Å². The summed E-state index contributed by atoms with van der Waals surface area (Å²) >= 11 is 3.57. The quantitative estimate of drug-likeness (QED) is 0.649. The van der Waals surface area contributed by atoms with Crippen molar-refractivity contribution in [2.24, 2.45) is 5.92 Å². The van der Waals surface area contributed by atoms with E-state index in [-0.39, 0.29) is 18.0 Å². The zero-order chi connectivity index (χ0) is 20.9. The SMILES string of the molecule is BrCC1(c2ccccc2)CC1.O=C(O)C1CCN(S(=O)(=O)c2ccccc2)CC1. The number of aliphatic carboxylic acids is 1. The average molecular weight is 480 g/mol. The number of hydrogen-bond acceptors (Lipinski definition) is 3.